The Bertz CT molecular complexity index is 1030. The normalized spacial score (nSPS) is 18.9. The molecule has 0 bridgehead atoms. The quantitative estimate of drug-likeness (QED) is 0.544. The van der Waals surface area contributed by atoms with Crippen molar-refractivity contribution in [2.75, 3.05) is 12.8 Å². The van der Waals surface area contributed by atoms with Crippen molar-refractivity contribution in [3.63, 3.8) is 0 Å². The maximum Gasteiger partial charge on any atom is 0.333 e. The molecule has 2 aromatic heterocycles. The first-order valence-electron chi connectivity index (χ1n) is 9.51. The summed E-state index contributed by atoms with van der Waals surface area (Å²) in [6.07, 6.45) is 8.28. The number of esters is 1. The number of nitrogen functional groups attached to an aromatic ring is 1. The average molecular weight is 436 g/mol. The van der Waals surface area contributed by atoms with Gasteiger partial charge in [0.1, 0.15) is 10.8 Å². The van der Waals surface area contributed by atoms with Crippen molar-refractivity contribution in [2.45, 2.75) is 32.2 Å². The number of hydrogen-bond acceptors (Lipinski definition) is 6. The number of ether oxygens (including phenoxy) is 1. The number of hydrogen-bond donors (Lipinski definition) is 1. The fraction of sp³-hybridized carbons (Fsp3) is 0.400. The molecule has 1 saturated carbocycles. The van der Waals surface area contributed by atoms with Crippen LogP contribution >= 0.6 is 11.6 Å². The van der Waals surface area contributed by atoms with Gasteiger partial charge in [0.2, 0.25) is 5.95 Å². The Hall–Kier alpha value is -2.81. The SMILES string of the molecule is COC(=O)C1C=C(Cc2cn(C(F)F)nc2-c2cc(Cl)nc(N)n2)C(C2CC2)=CC1. The number of aromatic nitrogens is 4. The molecule has 2 aromatic rings. The zero-order chi connectivity index (χ0) is 21.4. The third-order valence-electron chi connectivity index (χ3n) is 5.23. The van der Waals surface area contributed by atoms with E-state index in [2.05, 4.69) is 21.1 Å². The first-order chi connectivity index (χ1) is 14.4. The standard InChI is InChI=1S/C20H20ClF2N5O2/c1-30-18(29)11-4-5-14(10-2-3-10)12(6-11)7-13-9-28(19(22)23)27-17(13)15-8-16(21)26-20(24)25-15/h5-6,8-11,19H,2-4,7H2,1H3,(H2,24,25,26). The van der Waals surface area contributed by atoms with Crippen molar-refractivity contribution in [3.05, 3.63) is 46.3 Å². The number of carbonyl (C=O) groups is 1. The third-order valence-corrected chi connectivity index (χ3v) is 5.42. The maximum absolute atomic E-state index is 13.4. The van der Waals surface area contributed by atoms with Crippen LogP contribution in [0.3, 0.4) is 0 Å². The Kier molecular flexibility index (Phi) is 5.55. The average Bonchev–Trinajstić information content (AvgIpc) is 3.45. The summed E-state index contributed by atoms with van der Waals surface area (Å²) in [6, 6.07) is 1.43. The van der Waals surface area contributed by atoms with Gasteiger partial charge in [0.05, 0.1) is 18.7 Å². The van der Waals surface area contributed by atoms with Crippen LogP contribution in [-0.2, 0) is 16.0 Å². The molecule has 2 aliphatic rings. The van der Waals surface area contributed by atoms with Gasteiger partial charge in [0.25, 0.3) is 0 Å². The monoisotopic (exact) mass is 435 g/mol. The van der Waals surface area contributed by atoms with E-state index in [-0.39, 0.29) is 28.5 Å². The van der Waals surface area contributed by atoms with Crippen LogP contribution in [0.15, 0.2) is 35.6 Å². The molecule has 10 heteroatoms. The molecule has 0 amide bonds. The highest BCUT2D eigenvalue weighted by Gasteiger charge is 2.32. The summed E-state index contributed by atoms with van der Waals surface area (Å²) >= 11 is 5.97. The summed E-state index contributed by atoms with van der Waals surface area (Å²) in [5, 5.41) is 4.10. The Morgan fingerprint density at radius 3 is 2.80 bits per heavy atom. The molecule has 0 radical (unpaired) electrons. The predicted octanol–water partition coefficient (Wildman–Crippen LogP) is 3.97. The topological polar surface area (TPSA) is 95.9 Å². The van der Waals surface area contributed by atoms with Crippen LogP contribution in [0.4, 0.5) is 14.7 Å². The zero-order valence-corrected chi connectivity index (χ0v) is 16.9. The number of halogens is 3. The summed E-state index contributed by atoms with van der Waals surface area (Å²) in [4.78, 5) is 20.0. The van der Waals surface area contributed by atoms with Gasteiger partial charge < -0.3 is 10.5 Å². The lowest BCUT2D eigenvalue weighted by Gasteiger charge is -2.21. The van der Waals surface area contributed by atoms with Crippen molar-refractivity contribution < 1.29 is 18.3 Å². The van der Waals surface area contributed by atoms with Crippen LogP contribution in [-0.4, -0.2) is 32.8 Å². The van der Waals surface area contributed by atoms with Gasteiger partial charge >= 0.3 is 12.5 Å². The van der Waals surface area contributed by atoms with E-state index < -0.39 is 12.5 Å². The fourth-order valence-electron chi connectivity index (χ4n) is 3.73. The van der Waals surface area contributed by atoms with Crippen LogP contribution in [0.25, 0.3) is 11.4 Å². The number of nitrogens with two attached hydrogens (primary N) is 1. The second kappa shape index (κ2) is 8.14. The van der Waals surface area contributed by atoms with Gasteiger partial charge in [-0.3, -0.25) is 4.79 Å². The van der Waals surface area contributed by atoms with Crippen molar-refractivity contribution >= 4 is 23.5 Å². The van der Waals surface area contributed by atoms with E-state index in [0.29, 0.717) is 29.0 Å². The molecule has 0 aromatic carbocycles. The molecule has 4 rings (SSSR count). The number of methoxy groups -OCH3 is 1. The van der Waals surface area contributed by atoms with Crippen molar-refractivity contribution in [1.29, 1.82) is 0 Å². The highest BCUT2D eigenvalue weighted by Crippen LogP contribution is 2.44. The number of nitrogens with zero attached hydrogens (tertiary/aromatic N) is 4. The van der Waals surface area contributed by atoms with E-state index >= 15 is 0 Å². The first kappa shape index (κ1) is 20.5. The van der Waals surface area contributed by atoms with E-state index in [0.717, 1.165) is 24.0 Å². The minimum atomic E-state index is -2.81. The van der Waals surface area contributed by atoms with Crippen LogP contribution in [0, 0.1) is 11.8 Å². The minimum Gasteiger partial charge on any atom is -0.469 e. The summed E-state index contributed by atoms with van der Waals surface area (Å²) < 4.78 is 32.2. The van der Waals surface area contributed by atoms with Gasteiger partial charge in [0, 0.05) is 24.2 Å². The molecule has 2 heterocycles. The Labute approximate surface area is 176 Å². The molecule has 30 heavy (non-hydrogen) atoms. The van der Waals surface area contributed by atoms with Crippen LogP contribution < -0.4 is 5.73 Å². The summed E-state index contributed by atoms with van der Waals surface area (Å²) in [5.41, 5.74) is 8.80. The molecule has 158 valence electrons. The highest BCUT2D eigenvalue weighted by atomic mass is 35.5. The lowest BCUT2D eigenvalue weighted by Crippen LogP contribution is -2.18. The molecule has 0 spiro atoms. The molecule has 2 N–H and O–H groups in total. The molecular weight excluding hydrogens is 416 g/mol. The van der Waals surface area contributed by atoms with Crippen molar-refractivity contribution in [1.82, 2.24) is 19.7 Å². The van der Waals surface area contributed by atoms with E-state index in [1.165, 1.54) is 19.4 Å². The first-order valence-corrected chi connectivity index (χ1v) is 9.89. The van der Waals surface area contributed by atoms with E-state index in [1.54, 1.807) is 0 Å². The molecule has 1 atom stereocenters. The Morgan fingerprint density at radius 2 is 2.17 bits per heavy atom. The maximum atomic E-state index is 13.4. The highest BCUT2D eigenvalue weighted by molar-refractivity contribution is 6.29. The van der Waals surface area contributed by atoms with Crippen LogP contribution in [0.2, 0.25) is 5.15 Å². The predicted molar refractivity (Wildman–Crippen MR) is 107 cm³/mol. The minimum absolute atomic E-state index is 0.0729. The van der Waals surface area contributed by atoms with Crippen molar-refractivity contribution in [3.8, 4) is 11.4 Å². The lowest BCUT2D eigenvalue weighted by molar-refractivity contribution is -0.143. The second-order valence-electron chi connectivity index (χ2n) is 7.36. The van der Waals surface area contributed by atoms with Gasteiger partial charge in [-0.15, -0.1) is 0 Å². The largest absolute Gasteiger partial charge is 0.469 e. The van der Waals surface area contributed by atoms with Crippen LogP contribution in [0.1, 0.15) is 31.4 Å². The van der Waals surface area contributed by atoms with E-state index in [4.69, 9.17) is 22.1 Å². The molecule has 7 nitrogen and oxygen atoms in total. The molecule has 1 fully saturated rings. The number of alkyl halides is 2. The molecule has 2 aliphatic carbocycles. The van der Waals surface area contributed by atoms with E-state index in [1.807, 2.05) is 6.08 Å². The Balaban J connectivity index is 1.74. The molecule has 0 aliphatic heterocycles. The fourth-order valence-corrected chi connectivity index (χ4v) is 3.92. The molecular formula is C20H20ClF2N5O2. The summed E-state index contributed by atoms with van der Waals surface area (Å²) in [7, 11) is 1.35. The van der Waals surface area contributed by atoms with Crippen LogP contribution in [0.5, 0.6) is 0 Å². The Morgan fingerprint density at radius 1 is 1.40 bits per heavy atom. The van der Waals surface area contributed by atoms with Gasteiger partial charge in [-0.2, -0.15) is 13.9 Å². The van der Waals surface area contributed by atoms with Crippen molar-refractivity contribution in [2.24, 2.45) is 11.8 Å². The van der Waals surface area contributed by atoms with Gasteiger partial charge in [-0.05, 0) is 36.3 Å². The smallest absolute Gasteiger partial charge is 0.333 e. The molecule has 1 unspecified atom stereocenters. The van der Waals surface area contributed by atoms with E-state index in [9.17, 15) is 13.6 Å². The lowest BCUT2D eigenvalue weighted by atomic mass is 9.85. The van der Waals surface area contributed by atoms with Gasteiger partial charge in [-0.1, -0.05) is 23.8 Å². The number of allylic oxidation sites excluding steroid dienone is 3. The second-order valence-corrected chi connectivity index (χ2v) is 7.75. The number of carbonyl (C=O) groups excluding carboxylic acids is 1. The number of rotatable bonds is 6. The van der Waals surface area contributed by atoms with Gasteiger partial charge in [-0.25, -0.2) is 14.6 Å². The third kappa shape index (κ3) is 4.21. The molecule has 0 saturated heterocycles. The summed E-state index contributed by atoms with van der Waals surface area (Å²) in [6.45, 7) is -2.81. The summed E-state index contributed by atoms with van der Waals surface area (Å²) in [5.74, 6) is -0.355. The zero-order valence-electron chi connectivity index (χ0n) is 16.2. The van der Waals surface area contributed by atoms with Gasteiger partial charge in [0.15, 0.2) is 0 Å². The number of anilines is 1.